The summed E-state index contributed by atoms with van der Waals surface area (Å²) in [4.78, 5) is 9.68. The van der Waals surface area contributed by atoms with Crippen LogP contribution in [-0.2, 0) is 26.5 Å². The normalized spacial score (nSPS) is 11.5. The molecule has 0 spiro atoms. The van der Waals surface area contributed by atoms with E-state index in [1.54, 1.807) is 0 Å². The van der Waals surface area contributed by atoms with E-state index in [0.29, 0.717) is 33.9 Å². The third-order valence-corrected chi connectivity index (χ3v) is 11.9. The summed E-state index contributed by atoms with van der Waals surface area (Å²) < 4.78 is 23.4. The Kier molecular flexibility index (Phi) is 11.3. The summed E-state index contributed by atoms with van der Waals surface area (Å²) in [7, 11) is -1.34. The Hall–Kier alpha value is -5.46. The van der Waals surface area contributed by atoms with Gasteiger partial charge in [-0.3, -0.25) is 9.37 Å². The molecule has 0 unspecified atom stereocenters. The molecule has 0 atom stereocenters. The van der Waals surface area contributed by atoms with E-state index in [4.69, 9.17) is 9.40 Å². The SMILES string of the molecule is CC(C)Cc1cc(-c2[c-]cccc2)ncc1[Si](C)(C)C.Fc1c[c-]c(-c2nc3ccccc3n2-c2ccccc2-c2ccccc2)c2oc3ccccc3c12.[Ir]. The fourth-order valence-corrected chi connectivity index (χ4v) is 8.94. The van der Waals surface area contributed by atoms with Crippen LogP contribution in [0.3, 0.4) is 0 Å². The average molecular weight is 928 g/mol. The minimum atomic E-state index is -1.34. The van der Waals surface area contributed by atoms with Gasteiger partial charge in [0.25, 0.3) is 0 Å². The quantitative estimate of drug-likeness (QED) is 0.118. The smallest absolute Gasteiger partial charge is 0.121 e. The number of imidazole rings is 1. The van der Waals surface area contributed by atoms with Gasteiger partial charge >= 0.3 is 0 Å². The van der Waals surface area contributed by atoms with E-state index in [0.717, 1.165) is 50.9 Å². The van der Waals surface area contributed by atoms with E-state index in [-0.39, 0.29) is 25.9 Å². The van der Waals surface area contributed by atoms with Crippen molar-refractivity contribution in [3.05, 3.63) is 169 Å². The maximum Gasteiger partial charge on any atom is 0.121 e. The van der Waals surface area contributed by atoms with E-state index < -0.39 is 8.07 Å². The molecule has 0 saturated heterocycles. The first-order valence-corrected chi connectivity index (χ1v) is 22.3. The first kappa shape index (κ1) is 38.8. The Labute approximate surface area is 342 Å². The summed E-state index contributed by atoms with van der Waals surface area (Å²) in [5, 5.41) is 2.68. The van der Waals surface area contributed by atoms with Crippen molar-refractivity contribution in [2.75, 3.05) is 0 Å². The number of fused-ring (bicyclic) bond motifs is 4. The molecular weight excluding hydrogens is 886 g/mol. The number of furan rings is 1. The van der Waals surface area contributed by atoms with Crippen LogP contribution < -0.4 is 5.19 Å². The minimum Gasteiger partial charge on any atom is -0.500 e. The minimum absolute atomic E-state index is 0. The molecule has 0 saturated carbocycles. The van der Waals surface area contributed by atoms with Crippen molar-refractivity contribution in [3.63, 3.8) is 0 Å². The number of halogens is 1. The number of hydrogen-bond acceptors (Lipinski definition) is 3. The molecule has 0 aliphatic carbocycles. The maximum atomic E-state index is 15.0. The summed E-state index contributed by atoms with van der Waals surface area (Å²) in [6, 6.07) is 52.2. The first-order valence-electron chi connectivity index (χ1n) is 18.8. The van der Waals surface area contributed by atoms with Crippen LogP contribution >= 0.6 is 0 Å². The van der Waals surface area contributed by atoms with Gasteiger partial charge in [-0.05, 0) is 58.4 Å². The number of rotatable bonds is 7. The number of hydrogen-bond donors (Lipinski definition) is 0. The molecule has 7 heteroatoms. The molecule has 1 radical (unpaired) electrons. The maximum absolute atomic E-state index is 15.0. The van der Waals surface area contributed by atoms with Crippen molar-refractivity contribution in [1.82, 2.24) is 14.5 Å². The van der Waals surface area contributed by atoms with E-state index in [9.17, 15) is 0 Å². The number of para-hydroxylation sites is 4. The molecule has 281 valence electrons. The molecule has 0 N–H and O–H groups in total. The van der Waals surface area contributed by atoms with Gasteiger partial charge in [-0.1, -0.05) is 130 Å². The Bertz CT molecular complexity index is 2770. The van der Waals surface area contributed by atoms with E-state index in [1.807, 2.05) is 97.1 Å². The predicted octanol–water partition coefficient (Wildman–Crippen LogP) is 12.5. The zero-order chi connectivity index (χ0) is 38.1. The molecule has 4 nitrogen and oxygen atoms in total. The van der Waals surface area contributed by atoms with Gasteiger partial charge in [-0.15, -0.1) is 48.0 Å². The number of aromatic nitrogens is 3. The van der Waals surface area contributed by atoms with Gasteiger partial charge in [-0.2, -0.15) is 0 Å². The van der Waals surface area contributed by atoms with Crippen LogP contribution in [0.2, 0.25) is 19.6 Å². The van der Waals surface area contributed by atoms with Crippen LogP contribution in [0.4, 0.5) is 4.39 Å². The van der Waals surface area contributed by atoms with Crippen molar-refractivity contribution in [2.24, 2.45) is 5.92 Å². The Morgan fingerprint density at radius 1 is 0.804 bits per heavy atom. The molecule has 9 aromatic rings. The van der Waals surface area contributed by atoms with Crippen LogP contribution in [0.1, 0.15) is 19.4 Å². The van der Waals surface area contributed by atoms with Crippen LogP contribution in [0.15, 0.2) is 150 Å². The molecule has 0 aliphatic heterocycles. The van der Waals surface area contributed by atoms with Gasteiger partial charge in [0.15, 0.2) is 0 Å². The second kappa shape index (κ2) is 16.3. The molecular formula is C49H42FIrN3OSi-2. The molecule has 3 aromatic heterocycles. The largest absolute Gasteiger partial charge is 0.500 e. The van der Waals surface area contributed by atoms with E-state index in [2.05, 4.69) is 97.8 Å². The topological polar surface area (TPSA) is 43.9 Å². The molecule has 0 fully saturated rings. The molecule has 9 rings (SSSR count). The van der Waals surface area contributed by atoms with Gasteiger partial charge in [0.2, 0.25) is 0 Å². The van der Waals surface area contributed by atoms with Gasteiger partial charge in [0, 0.05) is 48.8 Å². The summed E-state index contributed by atoms with van der Waals surface area (Å²) >= 11 is 0. The number of pyridine rings is 1. The predicted molar refractivity (Wildman–Crippen MR) is 228 cm³/mol. The summed E-state index contributed by atoms with van der Waals surface area (Å²) in [5.41, 5.74) is 10.2. The Morgan fingerprint density at radius 2 is 1.52 bits per heavy atom. The van der Waals surface area contributed by atoms with E-state index >= 15 is 4.39 Å². The van der Waals surface area contributed by atoms with E-state index in [1.165, 1.54) is 16.8 Å². The second-order valence-electron chi connectivity index (χ2n) is 15.3. The summed E-state index contributed by atoms with van der Waals surface area (Å²) in [5.74, 6) is 0.958. The molecule has 56 heavy (non-hydrogen) atoms. The average Bonchev–Trinajstić information content (AvgIpc) is 3.78. The fraction of sp³-hybridized carbons (Fsp3) is 0.143. The van der Waals surface area contributed by atoms with Crippen molar-refractivity contribution >= 4 is 46.2 Å². The standard InChI is InChI=1S/C31H18FN2O.C18H24NSi.Ir/c32-24-19-18-23(30-29(24)22-13-5-9-17-28(22)35-30)31-33-25-14-6-8-16-27(25)34(31)26-15-7-4-12-21(26)20-10-2-1-3-11-20;1-14(2)11-16-12-17(15-9-7-6-8-10-15)19-13-18(16)20(3,4)5;/h1-17,19H;6-9,12-14H,11H2,1-5H3;/q2*-1;. The zero-order valence-corrected chi connectivity index (χ0v) is 35.5. The van der Waals surface area contributed by atoms with Crippen LogP contribution in [0.25, 0.3) is 72.4 Å². The fourth-order valence-electron chi connectivity index (χ4n) is 7.35. The third kappa shape index (κ3) is 7.68. The van der Waals surface area contributed by atoms with Gasteiger partial charge in [0.1, 0.15) is 5.58 Å². The molecule has 3 heterocycles. The monoisotopic (exact) mass is 928 g/mol. The van der Waals surface area contributed by atoms with Gasteiger partial charge in [0.05, 0.1) is 30.5 Å². The van der Waals surface area contributed by atoms with Crippen molar-refractivity contribution in [3.8, 4) is 39.5 Å². The van der Waals surface area contributed by atoms with Gasteiger partial charge in [-0.25, -0.2) is 0 Å². The molecule has 0 aliphatic rings. The van der Waals surface area contributed by atoms with Gasteiger partial charge < -0.3 is 14.0 Å². The van der Waals surface area contributed by atoms with Crippen LogP contribution in [0, 0.1) is 23.9 Å². The van der Waals surface area contributed by atoms with Crippen LogP contribution in [-0.4, -0.2) is 22.6 Å². The summed E-state index contributed by atoms with van der Waals surface area (Å²) in [6.07, 6.45) is 3.24. The third-order valence-electron chi connectivity index (χ3n) is 9.83. The molecule has 0 amide bonds. The molecule has 0 bridgehead atoms. The second-order valence-corrected chi connectivity index (χ2v) is 20.3. The summed E-state index contributed by atoms with van der Waals surface area (Å²) in [6.45, 7) is 11.7. The Morgan fingerprint density at radius 3 is 2.29 bits per heavy atom. The molecule has 6 aromatic carbocycles. The zero-order valence-electron chi connectivity index (χ0n) is 32.1. The van der Waals surface area contributed by atoms with Crippen LogP contribution in [0.5, 0.6) is 0 Å². The first-order chi connectivity index (χ1) is 26.7. The number of nitrogens with zero attached hydrogens (tertiary/aromatic N) is 3. The van der Waals surface area contributed by atoms with Crippen molar-refractivity contribution in [1.29, 1.82) is 0 Å². The van der Waals surface area contributed by atoms with Crippen molar-refractivity contribution in [2.45, 2.75) is 39.9 Å². The van der Waals surface area contributed by atoms with Crippen molar-refractivity contribution < 1.29 is 28.9 Å². The number of benzene rings is 6. The Balaban J connectivity index is 0.000000197.